The molecular weight excluding hydrogens is 302 g/mol. The standard InChI is InChI=1S/C15H19N3O3S/c1-4-6-21-14-12(19-2)8-11(9-13(14)20-3)10-17-18-15-16-5-7-22-15/h5,7-10H,4,6H2,1-3H3,(H,16,18)/b17-10-. The Balaban J connectivity index is 2.19. The van der Waals surface area contributed by atoms with Gasteiger partial charge in [0, 0.05) is 17.1 Å². The molecule has 0 unspecified atom stereocenters. The van der Waals surface area contributed by atoms with E-state index in [1.807, 2.05) is 24.4 Å². The molecule has 22 heavy (non-hydrogen) atoms. The van der Waals surface area contributed by atoms with Crippen LogP contribution in [0.5, 0.6) is 17.2 Å². The lowest BCUT2D eigenvalue weighted by molar-refractivity contribution is 0.275. The quantitative estimate of drug-likeness (QED) is 0.596. The molecular formula is C15H19N3O3S. The molecule has 0 aliphatic heterocycles. The van der Waals surface area contributed by atoms with Gasteiger partial charge in [-0.1, -0.05) is 6.92 Å². The number of thiazole rings is 1. The van der Waals surface area contributed by atoms with E-state index in [1.54, 1.807) is 26.6 Å². The summed E-state index contributed by atoms with van der Waals surface area (Å²) in [6, 6.07) is 3.70. The maximum atomic E-state index is 5.70. The Hall–Kier alpha value is -2.28. The van der Waals surface area contributed by atoms with Crippen molar-refractivity contribution in [1.29, 1.82) is 0 Å². The third-order valence-electron chi connectivity index (χ3n) is 2.74. The topological polar surface area (TPSA) is 65.0 Å². The van der Waals surface area contributed by atoms with E-state index in [1.165, 1.54) is 11.3 Å². The number of hydrazone groups is 1. The van der Waals surface area contributed by atoms with Gasteiger partial charge in [0.1, 0.15) is 0 Å². The average molecular weight is 321 g/mol. The Morgan fingerprint density at radius 3 is 2.55 bits per heavy atom. The lowest BCUT2D eigenvalue weighted by atomic mass is 10.2. The van der Waals surface area contributed by atoms with E-state index in [2.05, 4.69) is 15.5 Å². The van der Waals surface area contributed by atoms with Crippen LogP contribution in [0, 0.1) is 0 Å². The van der Waals surface area contributed by atoms with E-state index >= 15 is 0 Å². The first-order chi connectivity index (χ1) is 10.8. The van der Waals surface area contributed by atoms with Gasteiger partial charge in [-0.25, -0.2) is 4.98 Å². The Morgan fingerprint density at radius 1 is 1.27 bits per heavy atom. The van der Waals surface area contributed by atoms with E-state index < -0.39 is 0 Å². The molecule has 6 nitrogen and oxygen atoms in total. The first-order valence-electron chi connectivity index (χ1n) is 6.85. The van der Waals surface area contributed by atoms with Gasteiger partial charge >= 0.3 is 0 Å². The lowest BCUT2D eigenvalue weighted by Gasteiger charge is -2.14. The minimum atomic E-state index is 0.603. The van der Waals surface area contributed by atoms with Crippen molar-refractivity contribution in [2.75, 3.05) is 26.3 Å². The van der Waals surface area contributed by atoms with Crippen LogP contribution in [0.3, 0.4) is 0 Å². The van der Waals surface area contributed by atoms with Gasteiger partial charge in [-0.15, -0.1) is 11.3 Å². The molecule has 0 saturated heterocycles. The van der Waals surface area contributed by atoms with Crippen LogP contribution < -0.4 is 19.6 Å². The summed E-state index contributed by atoms with van der Waals surface area (Å²) in [6.45, 7) is 2.65. The van der Waals surface area contributed by atoms with Gasteiger partial charge in [0.15, 0.2) is 11.5 Å². The van der Waals surface area contributed by atoms with Crippen LogP contribution in [0.25, 0.3) is 0 Å². The predicted molar refractivity (Wildman–Crippen MR) is 88.7 cm³/mol. The number of benzene rings is 1. The van der Waals surface area contributed by atoms with E-state index in [-0.39, 0.29) is 0 Å². The minimum absolute atomic E-state index is 0.603. The van der Waals surface area contributed by atoms with Crippen molar-refractivity contribution in [3.8, 4) is 17.2 Å². The smallest absolute Gasteiger partial charge is 0.203 e. The van der Waals surface area contributed by atoms with Crippen LogP contribution in [-0.2, 0) is 0 Å². The number of rotatable bonds is 8. The van der Waals surface area contributed by atoms with Crippen LogP contribution in [-0.4, -0.2) is 32.0 Å². The monoisotopic (exact) mass is 321 g/mol. The van der Waals surface area contributed by atoms with Gasteiger partial charge in [-0.05, 0) is 18.6 Å². The highest BCUT2D eigenvalue weighted by Gasteiger charge is 2.13. The minimum Gasteiger partial charge on any atom is -0.493 e. The highest BCUT2D eigenvalue weighted by molar-refractivity contribution is 7.13. The van der Waals surface area contributed by atoms with Crippen molar-refractivity contribution in [2.24, 2.45) is 5.10 Å². The molecule has 0 fully saturated rings. The number of ether oxygens (including phenoxy) is 3. The highest BCUT2D eigenvalue weighted by Crippen LogP contribution is 2.38. The average Bonchev–Trinajstić information content (AvgIpc) is 3.06. The fourth-order valence-corrected chi connectivity index (χ4v) is 2.24. The maximum Gasteiger partial charge on any atom is 0.203 e. The first kappa shape index (κ1) is 16.1. The lowest BCUT2D eigenvalue weighted by Crippen LogP contribution is -2.01. The Morgan fingerprint density at radius 2 is 2.00 bits per heavy atom. The fraction of sp³-hybridized carbons (Fsp3) is 0.333. The second kappa shape index (κ2) is 8.23. The molecule has 2 aromatic rings. The molecule has 0 bridgehead atoms. The molecule has 1 N–H and O–H groups in total. The molecule has 1 aromatic heterocycles. The zero-order valence-electron chi connectivity index (χ0n) is 12.8. The molecule has 0 atom stereocenters. The largest absolute Gasteiger partial charge is 0.493 e. The summed E-state index contributed by atoms with van der Waals surface area (Å²) in [4.78, 5) is 4.09. The van der Waals surface area contributed by atoms with Crippen LogP contribution in [0.2, 0.25) is 0 Å². The number of nitrogens with one attached hydrogen (secondary N) is 1. The predicted octanol–water partition coefficient (Wildman–Crippen LogP) is 3.40. The first-order valence-corrected chi connectivity index (χ1v) is 7.73. The number of anilines is 1. The second-order valence-corrected chi connectivity index (χ2v) is 5.20. The van der Waals surface area contributed by atoms with E-state index in [9.17, 15) is 0 Å². The van der Waals surface area contributed by atoms with Crippen molar-refractivity contribution in [2.45, 2.75) is 13.3 Å². The zero-order valence-corrected chi connectivity index (χ0v) is 13.6. The Bertz CT molecular complexity index is 589. The van der Waals surface area contributed by atoms with Gasteiger partial charge in [0.2, 0.25) is 10.9 Å². The molecule has 1 aromatic carbocycles. The van der Waals surface area contributed by atoms with Crippen LogP contribution in [0.4, 0.5) is 5.13 Å². The van der Waals surface area contributed by atoms with Crippen molar-refractivity contribution >= 4 is 22.7 Å². The summed E-state index contributed by atoms with van der Waals surface area (Å²) in [5.74, 6) is 1.84. The van der Waals surface area contributed by atoms with Crippen LogP contribution >= 0.6 is 11.3 Å². The second-order valence-electron chi connectivity index (χ2n) is 4.31. The normalized spacial score (nSPS) is 10.7. The SMILES string of the molecule is CCCOc1c(OC)cc(/C=N\Nc2nccs2)cc1OC. The molecule has 0 radical (unpaired) electrons. The van der Waals surface area contributed by atoms with Crippen molar-refractivity contribution in [1.82, 2.24) is 4.98 Å². The number of hydrogen-bond acceptors (Lipinski definition) is 7. The summed E-state index contributed by atoms with van der Waals surface area (Å²) >= 11 is 1.48. The molecule has 118 valence electrons. The van der Waals surface area contributed by atoms with Crippen molar-refractivity contribution in [3.05, 3.63) is 29.3 Å². The molecule has 0 aliphatic carbocycles. The molecule has 7 heteroatoms. The molecule has 0 spiro atoms. The number of aromatic nitrogens is 1. The summed E-state index contributed by atoms with van der Waals surface area (Å²) < 4.78 is 16.5. The molecule has 0 saturated carbocycles. The number of hydrogen-bond donors (Lipinski definition) is 1. The van der Waals surface area contributed by atoms with Crippen molar-refractivity contribution < 1.29 is 14.2 Å². The Kier molecular flexibility index (Phi) is 6.02. The summed E-state index contributed by atoms with van der Waals surface area (Å²) in [5.41, 5.74) is 3.70. The summed E-state index contributed by atoms with van der Waals surface area (Å²) in [5, 5.41) is 6.76. The summed E-state index contributed by atoms with van der Waals surface area (Å²) in [6.07, 6.45) is 4.30. The number of nitrogens with zero attached hydrogens (tertiary/aromatic N) is 2. The summed E-state index contributed by atoms with van der Waals surface area (Å²) in [7, 11) is 3.20. The third-order valence-corrected chi connectivity index (χ3v) is 3.42. The fourth-order valence-electron chi connectivity index (χ4n) is 1.76. The third kappa shape index (κ3) is 4.11. The van der Waals surface area contributed by atoms with E-state index in [4.69, 9.17) is 14.2 Å². The Labute approximate surface area is 133 Å². The van der Waals surface area contributed by atoms with Gasteiger partial charge < -0.3 is 14.2 Å². The zero-order chi connectivity index (χ0) is 15.8. The number of methoxy groups -OCH3 is 2. The highest BCUT2D eigenvalue weighted by atomic mass is 32.1. The maximum absolute atomic E-state index is 5.70. The molecule has 1 heterocycles. The van der Waals surface area contributed by atoms with Crippen molar-refractivity contribution in [3.63, 3.8) is 0 Å². The molecule has 2 rings (SSSR count). The van der Waals surface area contributed by atoms with Gasteiger partial charge in [-0.3, -0.25) is 5.43 Å². The van der Waals surface area contributed by atoms with Gasteiger partial charge in [0.05, 0.1) is 27.0 Å². The molecule has 0 amide bonds. The van der Waals surface area contributed by atoms with Gasteiger partial charge in [-0.2, -0.15) is 5.10 Å². The molecule has 0 aliphatic rings. The van der Waals surface area contributed by atoms with Crippen LogP contribution in [0.15, 0.2) is 28.8 Å². The van der Waals surface area contributed by atoms with E-state index in [0.717, 1.165) is 17.1 Å². The van der Waals surface area contributed by atoms with Gasteiger partial charge in [0.25, 0.3) is 0 Å². The van der Waals surface area contributed by atoms with E-state index in [0.29, 0.717) is 23.9 Å². The van der Waals surface area contributed by atoms with Crippen LogP contribution in [0.1, 0.15) is 18.9 Å².